The molecule has 0 amide bonds. The van der Waals surface area contributed by atoms with E-state index in [1.54, 1.807) is 19.1 Å². The van der Waals surface area contributed by atoms with Crippen molar-refractivity contribution in [1.29, 1.82) is 0 Å². The molecule has 0 heterocycles. The number of halogens is 2. The van der Waals surface area contributed by atoms with Crippen LogP contribution in [0, 0.1) is 5.82 Å². The molecule has 1 aromatic rings. The van der Waals surface area contributed by atoms with Crippen molar-refractivity contribution in [3.05, 3.63) is 30.1 Å². The SMILES string of the molecule is CC(N)Nc1cccc(F)c1.Cl. The summed E-state index contributed by atoms with van der Waals surface area (Å²) in [6, 6.07) is 6.21. The first-order chi connectivity index (χ1) is 5.18. The van der Waals surface area contributed by atoms with E-state index in [0.717, 1.165) is 0 Å². The molecule has 2 nitrogen and oxygen atoms in total. The molecule has 0 saturated heterocycles. The number of hydrogen-bond donors (Lipinski definition) is 2. The third-order valence-corrected chi connectivity index (χ3v) is 1.22. The third kappa shape index (κ3) is 3.55. The predicted molar refractivity (Wildman–Crippen MR) is 50.9 cm³/mol. The maximum atomic E-state index is 12.5. The zero-order valence-electron chi connectivity index (χ0n) is 6.75. The van der Waals surface area contributed by atoms with Gasteiger partial charge >= 0.3 is 0 Å². The highest BCUT2D eigenvalue weighted by Crippen LogP contribution is 2.08. The van der Waals surface area contributed by atoms with Crippen LogP contribution in [0.1, 0.15) is 6.92 Å². The van der Waals surface area contributed by atoms with Crippen LogP contribution in [0.15, 0.2) is 24.3 Å². The van der Waals surface area contributed by atoms with Crippen LogP contribution in [0.3, 0.4) is 0 Å². The van der Waals surface area contributed by atoms with E-state index in [2.05, 4.69) is 5.32 Å². The Balaban J connectivity index is 0.00000121. The molecule has 1 rings (SSSR count). The highest BCUT2D eigenvalue weighted by atomic mass is 35.5. The quantitative estimate of drug-likeness (QED) is 0.700. The molecule has 0 bridgehead atoms. The minimum Gasteiger partial charge on any atom is -0.370 e. The Labute approximate surface area is 77.4 Å². The standard InChI is InChI=1S/C8H11FN2.ClH/c1-6(10)11-8-4-2-3-7(9)5-8;/h2-6,11H,10H2,1H3;1H. The summed E-state index contributed by atoms with van der Waals surface area (Å²) in [5.41, 5.74) is 6.15. The van der Waals surface area contributed by atoms with Gasteiger partial charge in [0.15, 0.2) is 0 Å². The summed E-state index contributed by atoms with van der Waals surface area (Å²) in [7, 11) is 0. The molecule has 1 unspecified atom stereocenters. The second-order valence-corrected chi connectivity index (χ2v) is 2.44. The van der Waals surface area contributed by atoms with E-state index in [1.165, 1.54) is 12.1 Å². The van der Waals surface area contributed by atoms with Crippen molar-refractivity contribution >= 4 is 18.1 Å². The van der Waals surface area contributed by atoms with Gasteiger partial charge in [-0.1, -0.05) is 6.07 Å². The number of rotatable bonds is 2. The van der Waals surface area contributed by atoms with Crippen molar-refractivity contribution in [1.82, 2.24) is 0 Å². The minimum atomic E-state index is -0.254. The Kier molecular flexibility index (Phi) is 4.62. The summed E-state index contributed by atoms with van der Waals surface area (Å²) in [6.45, 7) is 1.80. The van der Waals surface area contributed by atoms with Crippen LogP contribution in [-0.4, -0.2) is 6.17 Å². The van der Waals surface area contributed by atoms with Gasteiger partial charge in [-0.05, 0) is 25.1 Å². The Hall–Kier alpha value is -0.800. The first-order valence-corrected chi connectivity index (χ1v) is 3.46. The molecule has 12 heavy (non-hydrogen) atoms. The maximum absolute atomic E-state index is 12.5. The molecule has 0 spiro atoms. The van der Waals surface area contributed by atoms with Crippen LogP contribution >= 0.6 is 12.4 Å². The molecule has 0 fully saturated rings. The monoisotopic (exact) mass is 190 g/mol. The van der Waals surface area contributed by atoms with Crippen molar-refractivity contribution in [2.45, 2.75) is 13.1 Å². The van der Waals surface area contributed by atoms with Crippen molar-refractivity contribution < 1.29 is 4.39 Å². The van der Waals surface area contributed by atoms with Gasteiger partial charge in [0.1, 0.15) is 5.82 Å². The first-order valence-electron chi connectivity index (χ1n) is 3.46. The van der Waals surface area contributed by atoms with Gasteiger partial charge in [-0.2, -0.15) is 0 Å². The van der Waals surface area contributed by atoms with Gasteiger partial charge in [-0.3, -0.25) is 0 Å². The molecule has 1 aromatic carbocycles. The highest BCUT2D eigenvalue weighted by molar-refractivity contribution is 5.85. The molecule has 1 atom stereocenters. The highest BCUT2D eigenvalue weighted by Gasteiger charge is 1.95. The van der Waals surface area contributed by atoms with Crippen molar-refractivity contribution in [3.8, 4) is 0 Å². The largest absolute Gasteiger partial charge is 0.370 e. The third-order valence-electron chi connectivity index (χ3n) is 1.22. The van der Waals surface area contributed by atoms with Crippen molar-refractivity contribution in [3.63, 3.8) is 0 Å². The fourth-order valence-corrected chi connectivity index (χ4v) is 0.841. The zero-order chi connectivity index (χ0) is 8.27. The fourth-order valence-electron chi connectivity index (χ4n) is 0.841. The van der Waals surface area contributed by atoms with Crippen LogP contribution in [0.5, 0.6) is 0 Å². The van der Waals surface area contributed by atoms with Crippen LogP contribution in [0.25, 0.3) is 0 Å². The summed E-state index contributed by atoms with van der Waals surface area (Å²) in [6.07, 6.45) is -0.156. The Bertz CT molecular complexity index is 240. The van der Waals surface area contributed by atoms with Gasteiger partial charge < -0.3 is 11.1 Å². The van der Waals surface area contributed by atoms with Gasteiger partial charge in [-0.25, -0.2) is 4.39 Å². The summed E-state index contributed by atoms with van der Waals surface area (Å²) in [5.74, 6) is -0.254. The average Bonchev–Trinajstić information content (AvgIpc) is 1.85. The minimum absolute atomic E-state index is 0. The van der Waals surface area contributed by atoms with Crippen LogP contribution < -0.4 is 11.1 Å². The molecular formula is C8H12ClFN2. The lowest BCUT2D eigenvalue weighted by molar-refractivity contribution is 0.628. The van der Waals surface area contributed by atoms with E-state index in [1.807, 2.05) is 0 Å². The molecular weight excluding hydrogens is 179 g/mol. The second kappa shape index (κ2) is 4.95. The van der Waals surface area contributed by atoms with E-state index in [4.69, 9.17) is 5.73 Å². The van der Waals surface area contributed by atoms with E-state index in [0.29, 0.717) is 5.69 Å². The van der Waals surface area contributed by atoms with E-state index in [9.17, 15) is 4.39 Å². The molecule has 0 aromatic heterocycles. The molecule has 0 saturated carbocycles. The predicted octanol–water partition coefficient (Wildman–Crippen LogP) is 1.96. The van der Waals surface area contributed by atoms with Gasteiger partial charge in [0, 0.05) is 5.69 Å². The van der Waals surface area contributed by atoms with E-state index in [-0.39, 0.29) is 24.4 Å². The number of anilines is 1. The number of hydrogen-bond acceptors (Lipinski definition) is 2. The smallest absolute Gasteiger partial charge is 0.125 e. The van der Waals surface area contributed by atoms with E-state index >= 15 is 0 Å². The Morgan fingerprint density at radius 3 is 2.67 bits per heavy atom. The molecule has 3 N–H and O–H groups in total. The number of benzene rings is 1. The zero-order valence-corrected chi connectivity index (χ0v) is 7.57. The van der Waals surface area contributed by atoms with Crippen LogP contribution in [-0.2, 0) is 0 Å². The second-order valence-electron chi connectivity index (χ2n) is 2.44. The lowest BCUT2D eigenvalue weighted by atomic mass is 10.3. The molecule has 0 aliphatic heterocycles. The van der Waals surface area contributed by atoms with Crippen molar-refractivity contribution in [2.75, 3.05) is 5.32 Å². The van der Waals surface area contributed by atoms with Crippen molar-refractivity contribution in [2.24, 2.45) is 5.73 Å². The van der Waals surface area contributed by atoms with Gasteiger partial charge in [0.2, 0.25) is 0 Å². The number of nitrogens with two attached hydrogens (primary N) is 1. The molecule has 0 aliphatic carbocycles. The molecule has 4 heteroatoms. The molecule has 0 radical (unpaired) electrons. The summed E-state index contributed by atoms with van der Waals surface area (Å²) < 4.78 is 12.5. The summed E-state index contributed by atoms with van der Waals surface area (Å²) in [4.78, 5) is 0. The van der Waals surface area contributed by atoms with Gasteiger partial charge in [0.05, 0.1) is 6.17 Å². The Morgan fingerprint density at radius 2 is 2.17 bits per heavy atom. The number of nitrogens with one attached hydrogen (secondary N) is 1. The normalized spacial score (nSPS) is 11.6. The lowest BCUT2D eigenvalue weighted by Gasteiger charge is -2.08. The van der Waals surface area contributed by atoms with Gasteiger partial charge in [-0.15, -0.1) is 12.4 Å². The lowest BCUT2D eigenvalue weighted by Crippen LogP contribution is -2.25. The average molecular weight is 191 g/mol. The van der Waals surface area contributed by atoms with E-state index < -0.39 is 0 Å². The summed E-state index contributed by atoms with van der Waals surface area (Å²) >= 11 is 0. The Morgan fingerprint density at radius 1 is 1.50 bits per heavy atom. The first kappa shape index (κ1) is 11.2. The van der Waals surface area contributed by atoms with Crippen LogP contribution in [0.4, 0.5) is 10.1 Å². The summed E-state index contributed by atoms with van der Waals surface area (Å²) in [5, 5.41) is 2.88. The molecule has 0 aliphatic rings. The van der Waals surface area contributed by atoms with Crippen LogP contribution in [0.2, 0.25) is 0 Å². The molecule has 68 valence electrons. The topological polar surface area (TPSA) is 38.0 Å². The fraction of sp³-hybridized carbons (Fsp3) is 0.250. The van der Waals surface area contributed by atoms with Gasteiger partial charge in [0.25, 0.3) is 0 Å². The maximum Gasteiger partial charge on any atom is 0.125 e.